The van der Waals surface area contributed by atoms with Gasteiger partial charge in [0.2, 0.25) is 0 Å². The second-order valence-electron chi connectivity index (χ2n) is 4.51. The van der Waals surface area contributed by atoms with Gasteiger partial charge in [-0.05, 0) is 25.8 Å². The average Bonchev–Trinajstić information content (AvgIpc) is 2.97. The minimum Gasteiger partial charge on any atom is -0.390 e. The lowest BCUT2D eigenvalue weighted by atomic mass is 10.0. The minimum atomic E-state index is 0.247. The van der Waals surface area contributed by atoms with Crippen molar-refractivity contribution in [2.45, 2.75) is 25.7 Å². The summed E-state index contributed by atoms with van der Waals surface area (Å²) in [7, 11) is 0. The SMILES string of the molecule is Cc1cc(-c2nc(C3CCCOC3)no2)c(N)s1. The molecule has 6 heteroatoms. The standard InChI is InChI=1S/C12H15N3O2S/c1-7-5-9(10(13)18-7)12-14-11(15-17-12)8-3-2-4-16-6-8/h5,8H,2-4,6,13H2,1H3. The summed E-state index contributed by atoms with van der Waals surface area (Å²) in [5.74, 6) is 1.49. The lowest BCUT2D eigenvalue weighted by Crippen LogP contribution is -2.16. The fraction of sp³-hybridized carbons (Fsp3) is 0.500. The van der Waals surface area contributed by atoms with Crippen LogP contribution in [-0.4, -0.2) is 23.4 Å². The molecule has 3 heterocycles. The molecule has 1 fully saturated rings. The predicted molar refractivity (Wildman–Crippen MR) is 69.6 cm³/mol. The van der Waals surface area contributed by atoms with Crippen molar-refractivity contribution in [1.29, 1.82) is 0 Å². The maximum atomic E-state index is 5.93. The summed E-state index contributed by atoms with van der Waals surface area (Å²) in [6.45, 7) is 3.52. The number of aromatic nitrogens is 2. The Morgan fingerprint density at radius 3 is 3.06 bits per heavy atom. The minimum absolute atomic E-state index is 0.247. The number of nitrogens with two attached hydrogens (primary N) is 1. The Balaban J connectivity index is 1.86. The summed E-state index contributed by atoms with van der Waals surface area (Å²) in [6, 6.07) is 1.98. The van der Waals surface area contributed by atoms with Gasteiger partial charge in [0.15, 0.2) is 5.82 Å². The molecule has 0 radical (unpaired) electrons. The van der Waals surface area contributed by atoms with Crippen LogP contribution in [0.1, 0.15) is 29.5 Å². The molecule has 1 aliphatic rings. The maximum absolute atomic E-state index is 5.93. The average molecular weight is 265 g/mol. The van der Waals surface area contributed by atoms with E-state index in [1.54, 1.807) is 0 Å². The number of aryl methyl sites for hydroxylation is 1. The Bertz CT molecular complexity index is 543. The van der Waals surface area contributed by atoms with Crippen molar-refractivity contribution >= 4 is 16.3 Å². The van der Waals surface area contributed by atoms with Crippen LogP contribution in [0.5, 0.6) is 0 Å². The molecule has 0 aromatic carbocycles. The van der Waals surface area contributed by atoms with E-state index >= 15 is 0 Å². The van der Waals surface area contributed by atoms with Gasteiger partial charge in [0.25, 0.3) is 5.89 Å². The normalized spacial score (nSPS) is 20.2. The smallest absolute Gasteiger partial charge is 0.260 e. The van der Waals surface area contributed by atoms with Gasteiger partial charge in [-0.2, -0.15) is 4.98 Å². The van der Waals surface area contributed by atoms with Crippen molar-refractivity contribution in [2.75, 3.05) is 18.9 Å². The topological polar surface area (TPSA) is 74.2 Å². The van der Waals surface area contributed by atoms with E-state index < -0.39 is 0 Å². The quantitative estimate of drug-likeness (QED) is 0.903. The lowest BCUT2D eigenvalue weighted by Gasteiger charge is -2.18. The van der Waals surface area contributed by atoms with E-state index in [-0.39, 0.29) is 5.92 Å². The monoisotopic (exact) mass is 265 g/mol. The molecule has 3 rings (SSSR count). The molecule has 2 aromatic rings. The second-order valence-corrected chi connectivity index (χ2v) is 5.79. The highest BCUT2D eigenvalue weighted by Crippen LogP contribution is 2.33. The van der Waals surface area contributed by atoms with Gasteiger partial charge in [-0.15, -0.1) is 11.3 Å². The number of nitrogen functional groups attached to an aromatic ring is 1. The van der Waals surface area contributed by atoms with Crippen LogP contribution in [-0.2, 0) is 4.74 Å². The zero-order valence-electron chi connectivity index (χ0n) is 10.2. The van der Waals surface area contributed by atoms with Crippen LogP contribution in [0.25, 0.3) is 11.5 Å². The van der Waals surface area contributed by atoms with E-state index in [2.05, 4.69) is 10.1 Å². The molecule has 18 heavy (non-hydrogen) atoms. The highest BCUT2D eigenvalue weighted by Gasteiger charge is 2.23. The van der Waals surface area contributed by atoms with E-state index in [0.717, 1.165) is 40.7 Å². The number of nitrogens with zero attached hydrogens (tertiary/aromatic N) is 2. The van der Waals surface area contributed by atoms with Gasteiger partial charge in [0, 0.05) is 17.4 Å². The van der Waals surface area contributed by atoms with Crippen molar-refractivity contribution in [3.05, 3.63) is 16.8 Å². The van der Waals surface area contributed by atoms with Crippen LogP contribution in [0.4, 0.5) is 5.00 Å². The molecule has 1 unspecified atom stereocenters. The molecule has 96 valence electrons. The van der Waals surface area contributed by atoms with Gasteiger partial charge in [0.05, 0.1) is 17.2 Å². The lowest BCUT2D eigenvalue weighted by molar-refractivity contribution is 0.0773. The predicted octanol–water partition coefficient (Wildman–Crippen LogP) is 2.58. The highest BCUT2D eigenvalue weighted by atomic mass is 32.1. The summed E-state index contributed by atoms with van der Waals surface area (Å²) in [4.78, 5) is 5.59. The van der Waals surface area contributed by atoms with E-state index in [1.807, 2.05) is 13.0 Å². The Hall–Kier alpha value is -1.40. The third-order valence-corrected chi connectivity index (χ3v) is 3.96. The summed E-state index contributed by atoms with van der Waals surface area (Å²) in [5, 5.41) is 4.77. The maximum Gasteiger partial charge on any atom is 0.260 e. The number of thiophene rings is 1. The zero-order valence-corrected chi connectivity index (χ0v) is 11.0. The molecule has 0 amide bonds. The van der Waals surface area contributed by atoms with Crippen LogP contribution in [0.2, 0.25) is 0 Å². The molecule has 1 saturated heterocycles. The molecular formula is C12H15N3O2S. The van der Waals surface area contributed by atoms with Crippen LogP contribution in [0.3, 0.4) is 0 Å². The Kier molecular flexibility index (Phi) is 3.05. The Morgan fingerprint density at radius 2 is 2.39 bits per heavy atom. The summed E-state index contributed by atoms with van der Waals surface area (Å²) >= 11 is 1.53. The molecule has 5 nitrogen and oxygen atoms in total. The van der Waals surface area contributed by atoms with Gasteiger partial charge in [-0.1, -0.05) is 5.16 Å². The van der Waals surface area contributed by atoms with Crippen LogP contribution < -0.4 is 5.73 Å². The first-order valence-corrected chi connectivity index (χ1v) is 6.83. The molecule has 2 aromatic heterocycles. The molecule has 0 saturated carbocycles. The third-order valence-electron chi connectivity index (χ3n) is 3.08. The number of hydrogen-bond donors (Lipinski definition) is 1. The number of anilines is 1. The van der Waals surface area contributed by atoms with Crippen molar-refractivity contribution in [1.82, 2.24) is 10.1 Å². The first-order chi connectivity index (χ1) is 8.74. The second kappa shape index (κ2) is 4.70. The number of rotatable bonds is 2. The van der Waals surface area contributed by atoms with Crippen molar-refractivity contribution in [2.24, 2.45) is 0 Å². The van der Waals surface area contributed by atoms with E-state index in [1.165, 1.54) is 11.3 Å². The van der Waals surface area contributed by atoms with Gasteiger partial charge >= 0.3 is 0 Å². The van der Waals surface area contributed by atoms with Gasteiger partial charge < -0.3 is 15.0 Å². The first-order valence-electron chi connectivity index (χ1n) is 6.01. The van der Waals surface area contributed by atoms with Crippen LogP contribution in [0.15, 0.2) is 10.6 Å². The summed E-state index contributed by atoms with van der Waals surface area (Å²) < 4.78 is 10.7. The Morgan fingerprint density at radius 1 is 1.50 bits per heavy atom. The number of ether oxygens (including phenoxy) is 1. The summed E-state index contributed by atoms with van der Waals surface area (Å²) in [5.41, 5.74) is 6.77. The van der Waals surface area contributed by atoms with Crippen LogP contribution >= 0.6 is 11.3 Å². The molecule has 0 bridgehead atoms. The Labute approximate surface area is 109 Å². The zero-order chi connectivity index (χ0) is 12.5. The first kappa shape index (κ1) is 11.7. The fourth-order valence-electron chi connectivity index (χ4n) is 2.15. The third kappa shape index (κ3) is 2.13. The van der Waals surface area contributed by atoms with E-state index in [9.17, 15) is 0 Å². The summed E-state index contributed by atoms with van der Waals surface area (Å²) in [6.07, 6.45) is 2.10. The fourth-order valence-corrected chi connectivity index (χ4v) is 2.93. The van der Waals surface area contributed by atoms with Gasteiger partial charge in [0.1, 0.15) is 0 Å². The molecule has 1 aliphatic heterocycles. The van der Waals surface area contributed by atoms with Crippen molar-refractivity contribution < 1.29 is 9.26 Å². The van der Waals surface area contributed by atoms with Crippen molar-refractivity contribution in [3.8, 4) is 11.5 Å². The van der Waals surface area contributed by atoms with Crippen molar-refractivity contribution in [3.63, 3.8) is 0 Å². The molecule has 0 spiro atoms. The highest BCUT2D eigenvalue weighted by molar-refractivity contribution is 7.16. The van der Waals surface area contributed by atoms with E-state index in [4.69, 9.17) is 15.0 Å². The largest absolute Gasteiger partial charge is 0.390 e. The number of hydrogen-bond acceptors (Lipinski definition) is 6. The van der Waals surface area contributed by atoms with Gasteiger partial charge in [-0.25, -0.2) is 0 Å². The van der Waals surface area contributed by atoms with Crippen LogP contribution in [0, 0.1) is 6.92 Å². The molecular weight excluding hydrogens is 250 g/mol. The molecule has 1 atom stereocenters. The van der Waals surface area contributed by atoms with Gasteiger partial charge in [-0.3, -0.25) is 0 Å². The molecule has 2 N–H and O–H groups in total. The van der Waals surface area contributed by atoms with E-state index in [0.29, 0.717) is 12.5 Å². The molecule has 0 aliphatic carbocycles.